The summed E-state index contributed by atoms with van der Waals surface area (Å²) in [5, 5.41) is 11.5. The Morgan fingerprint density at radius 3 is 2.94 bits per heavy atom. The first-order chi connectivity index (χ1) is 7.72. The predicted molar refractivity (Wildman–Crippen MR) is 55.5 cm³/mol. The van der Waals surface area contributed by atoms with Crippen molar-refractivity contribution in [1.82, 2.24) is 20.2 Å². The van der Waals surface area contributed by atoms with Crippen molar-refractivity contribution in [1.29, 1.82) is 0 Å². The summed E-state index contributed by atoms with van der Waals surface area (Å²) in [6.07, 6.45) is 3.77. The SMILES string of the molecule is COC(=O)C1CCCC(c2nnnn2C)C1. The molecule has 0 amide bonds. The number of methoxy groups -OCH3 is 1. The molecule has 0 spiro atoms. The number of aromatic nitrogens is 4. The van der Waals surface area contributed by atoms with E-state index in [4.69, 9.17) is 4.74 Å². The predicted octanol–water partition coefficient (Wildman–Crippen LogP) is 0.657. The van der Waals surface area contributed by atoms with Crippen LogP contribution in [0.1, 0.15) is 37.4 Å². The Balaban J connectivity index is 2.07. The average Bonchev–Trinajstić information content (AvgIpc) is 2.74. The van der Waals surface area contributed by atoms with E-state index >= 15 is 0 Å². The fourth-order valence-electron chi connectivity index (χ4n) is 2.39. The maximum Gasteiger partial charge on any atom is 0.308 e. The maximum atomic E-state index is 11.5. The quantitative estimate of drug-likeness (QED) is 0.690. The second-order valence-corrected chi connectivity index (χ2v) is 4.24. The smallest absolute Gasteiger partial charge is 0.308 e. The molecule has 1 aliphatic carbocycles. The molecule has 16 heavy (non-hydrogen) atoms. The highest BCUT2D eigenvalue weighted by atomic mass is 16.5. The van der Waals surface area contributed by atoms with Gasteiger partial charge in [0.05, 0.1) is 13.0 Å². The van der Waals surface area contributed by atoms with E-state index in [0.717, 1.165) is 31.5 Å². The van der Waals surface area contributed by atoms with Gasteiger partial charge >= 0.3 is 5.97 Å². The Morgan fingerprint density at radius 2 is 2.31 bits per heavy atom. The molecule has 6 heteroatoms. The lowest BCUT2D eigenvalue weighted by atomic mass is 9.81. The van der Waals surface area contributed by atoms with Crippen LogP contribution in [0.3, 0.4) is 0 Å². The third kappa shape index (κ3) is 2.05. The van der Waals surface area contributed by atoms with Crippen molar-refractivity contribution < 1.29 is 9.53 Å². The number of rotatable bonds is 2. The summed E-state index contributed by atoms with van der Waals surface area (Å²) in [7, 11) is 3.27. The van der Waals surface area contributed by atoms with E-state index < -0.39 is 0 Å². The molecule has 1 aromatic heterocycles. The van der Waals surface area contributed by atoms with Crippen LogP contribution in [-0.4, -0.2) is 33.3 Å². The number of hydrogen-bond donors (Lipinski definition) is 0. The zero-order valence-electron chi connectivity index (χ0n) is 9.59. The van der Waals surface area contributed by atoms with Crippen molar-refractivity contribution in [2.45, 2.75) is 31.6 Å². The van der Waals surface area contributed by atoms with Crippen LogP contribution in [0.2, 0.25) is 0 Å². The highest BCUT2D eigenvalue weighted by molar-refractivity contribution is 5.72. The monoisotopic (exact) mass is 224 g/mol. The maximum absolute atomic E-state index is 11.5. The first-order valence-corrected chi connectivity index (χ1v) is 5.52. The molecule has 0 N–H and O–H groups in total. The molecule has 1 saturated carbocycles. The van der Waals surface area contributed by atoms with Crippen molar-refractivity contribution >= 4 is 5.97 Å². The lowest BCUT2D eigenvalue weighted by molar-refractivity contribution is -0.146. The number of ether oxygens (including phenoxy) is 1. The van der Waals surface area contributed by atoms with Crippen molar-refractivity contribution in [3.63, 3.8) is 0 Å². The topological polar surface area (TPSA) is 69.9 Å². The van der Waals surface area contributed by atoms with E-state index in [1.807, 2.05) is 7.05 Å². The minimum atomic E-state index is -0.111. The summed E-state index contributed by atoms with van der Waals surface area (Å²) < 4.78 is 6.47. The van der Waals surface area contributed by atoms with E-state index in [-0.39, 0.29) is 17.8 Å². The van der Waals surface area contributed by atoms with Crippen LogP contribution in [0.4, 0.5) is 0 Å². The third-order valence-corrected chi connectivity index (χ3v) is 3.23. The molecule has 0 bridgehead atoms. The van der Waals surface area contributed by atoms with E-state index in [2.05, 4.69) is 15.5 Å². The summed E-state index contributed by atoms with van der Waals surface area (Å²) in [4.78, 5) is 11.5. The molecule has 1 fully saturated rings. The Morgan fingerprint density at radius 1 is 1.50 bits per heavy atom. The molecule has 0 aromatic carbocycles. The molecule has 1 aliphatic rings. The normalized spacial score (nSPS) is 25.4. The van der Waals surface area contributed by atoms with Gasteiger partial charge in [-0.1, -0.05) is 6.42 Å². The van der Waals surface area contributed by atoms with E-state index in [0.29, 0.717) is 0 Å². The van der Waals surface area contributed by atoms with Gasteiger partial charge in [0.25, 0.3) is 0 Å². The van der Waals surface area contributed by atoms with Crippen LogP contribution in [-0.2, 0) is 16.6 Å². The van der Waals surface area contributed by atoms with Gasteiger partial charge in [0.15, 0.2) is 5.82 Å². The Bertz CT molecular complexity index is 377. The Labute approximate surface area is 94.0 Å². The number of aryl methyl sites for hydroxylation is 1. The lowest BCUT2D eigenvalue weighted by Crippen LogP contribution is -2.24. The van der Waals surface area contributed by atoms with E-state index in [1.54, 1.807) is 4.68 Å². The summed E-state index contributed by atoms with van der Waals surface area (Å²) >= 11 is 0. The van der Waals surface area contributed by atoms with Gasteiger partial charge in [0.1, 0.15) is 0 Å². The number of tetrazole rings is 1. The summed E-state index contributed by atoms with van der Waals surface area (Å²) in [5.74, 6) is 1.03. The summed E-state index contributed by atoms with van der Waals surface area (Å²) in [5.41, 5.74) is 0. The van der Waals surface area contributed by atoms with Gasteiger partial charge < -0.3 is 4.74 Å². The summed E-state index contributed by atoms with van der Waals surface area (Å²) in [6.45, 7) is 0. The van der Waals surface area contributed by atoms with Crippen LogP contribution in [0.5, 0.6) is 0 Å². The van der Waals surface area contributed by atoms with Crippen LogP contribution in [0, 0.1) is 5.92 Å². The molecular weight excluding hydrogens is 208 g/mol. The number of esters is 1. The molecule has 0 saturated heterocycles. The molecule has 88 valence electrons. The molecular formula is C10H16N4O2. The third-order valence-electron chi connectivity index (χ3n) is 3.23. The molecule has 1 aromatic rings. The second kappa shape index (κ2) is 4.59. The van der Waals surface area contributed by atoms with Gasteiger partial charge in [-0.15, -0.1) is 5.10 Å². The number of hydrogen-bond acceptors (Lipinski definition) is 5. The minimum Gasteiger partial charge on any atom is -0.469 e. The molecule has 2 atom stereocenters. The van der Waals surface area contributed by atoms with Crippen molar-refractivity contribution in [2.24, 2.45) is 13.0 Å². The van der Waals surface area contributed by atoms with Gasteiger partial charge in [0.2, 0.25) is 0 Å². The molecule has 1 heterocycles. The second-order valence-electron chi connectivity index (χ2n) is 4.24. The van der Waals surface area contributed by atoms with Crippen molar-refractivity contribution in [2.75, 3.05) is 7.11 Å². The van der Waals surface area contributed by atoms with Gasteiger partial charge in [0, 0.05) is 13.0 Å². The molecule has 2 rings (SSSR count). The molecule has 6 nitrogen and oxygen atoms in total. The first kappa shape index (κ1) is 11.0. The molecule has 0 aliphatic heterocycles. The highest BCUT2D eigenvalue weighted by Gasteiger charge is 2.31. The van der Waals surface area contributed by atoms with Crippen LogP contribution in [0.25, 0.3) is 0 Å². The largest absolute Gasteiger partial charge is 0.469 e. The molecule has 0 radical (unpaired) electrons. The number of carbonyl (C=O) groups excluding carboxylic acids is 1. The highest BCUT2D eigenvalue weighted by Crippen LogP contribution is 2.35. The van der Waals surface area contributed by atoms with Gasteiger partial charge in [-0.3, -0.25) is 4.79 Å². The zero-order chi connectivity index (χ0) is 11.5. The molecule has 2 unspecified atom stereocenters. The lowest BCUT2D eigenvalue weighted by Gasteiger charge is -2.26. The van der Waals surface area contributed by atoms with Crippen LogP contribution >= 0.6 is 0 Å². The van der Waals surface area contributed by atoms with Crippen LogP contribution < -0.4 is 0 Å². The average molecular weight is 224 g/mol. The Hall–Kier alpha value is -1.46. The van der Waals surface area contributed by atoms with Gasteiger partial charge in [-0.05, 0) is 29.7 Å². The zero-order valence-corrected chi connectivity index (χ0v) is 9.59. The van der Waals surface area contributed by atoms with E-state index in [1.165, 1.54) is 7.11 Å². The van der Waals surface area contributed by atoms with Gasteiger partial charge in [-0.25, -0.2) is 4.68 Å². The number of nitrogens with zero attached hydrogens (tertiary/aromatic N) is 4. The summed E-state index contributed by atoms with van der Waals surface area (Å²) in [6, 6.07) is 0. The van der Waals surface area contributed by atoms with Crippen molar-refractivity contribution in [3.8, 4) is 0 Å². The van der Waals surface area contributed by atoms with Crippen LogP contribution in [0.15, 0.2) is 0 Å². The fourth-order valence-corrected chi connectivity index (χ4v) is 2.39. The van der Waals surface area contributed by atoms with Gasteiger partial charge in [-0.2, -0.15) is 0 Å². The fraction of sp³-hybridized carbons (Fsp3) is 0.800. The first-order valence-electron chi connectivity index (χ1n) is 5.52. The standard InChI is InChI=1S/C10H16N4O2/c1-14-9(11-12-13-14)7-4-3-5-8(6-7)10(15)16-2/h7-8H,3-6H2,1-2H3. The minimum absolute atomic E-state index is 0.000417. The Kier molecular flexibility index (Phi) is 3.17. The number of carbonyl (C=O) groups is 1. The van der Waals surface area contributed by atoms with E-state index in [9.17, 15) is 4.79 Å². The van der Waals surface area contributed by atoms with Crippen molar-refractivity contribution in [3.05, 3.63) is 5.82 Å².